The Hall–Kier alpha value is -1.10. The van der Waals surface area contributed by atoms with Crippen LogP contribution in [0.5, 0.6) is 0 Å². The Labute approximate surface area is 157 Å². The first kappa shape index (κ1) is 18.3. The maximum atomic E-state index is 13.0. The molecular formula is C21H31NO3S. The maximum absolute atomic E-state index is 13.0. The van der Waals surface area contributed by atoms with E-state index in [4.69, 9.17) is 0 Å². The summed E-state index contributed by atoms with van der Waals surface area (Å²) in [7, 11) is -3.01. The Balaban J connectivity index is 1.54. The smallest absolute Gasteiger partial charge is 0.247 e. The van der Waals surface area contributed by atoms with Crippen molar-refractivity contribution in [2.24, 2.45) is 23.2 Å². The van der Waals surface area contributed by atoms with E-state index in [1.54, 1.807) is 11.0 Å². The highest BCUT2D eigenvalue weighted by Gasteiger charge is 2.51. The molecule has 144 valence electrons. The largest absolute Gasteiger partial charge is 0.331 e. The average molecular weight is 378 g/mol. The van der Waals surface area contributed by atoms with Gasteiger partial charge in [-0.25, -0.2) is 8.42 Å². The van der Waals surface area contributed by atoms with Crippen LogP contribution in [0.25, 0.3) is 0 Å². The Morgan fingerprint density at radius 2 is 1.73 bits per heavy atom. The summed E-state index contributed by atoms with van der Waals surface area (Å²) in [5, 5.41) is 0. The third-order valence-corrected chi connectivity index (χ3v) is 9.22. The number of carbonyl (C=O) groups excluding carboxylic acids is 1. The molecule has 1 saturated heterocycles. The molecule has 26 heavy (non-hydrogen) atoms. The molecule has 1 heterocycles. The van der Waals surface area contributed by atoms with Gasteiger partial charge >= 0.3 is 0 Å². The topological polar surface area (TPSA) is 54.5 Å². The number of amides is 1. The zero-order valence-corrected chi connectivity index (χ0v) is 16.6. The molecule has 1 atom stereocenters. The molecule has 1 aliphatic heterocycles. The predicted octanol–water partition coefficient (Wildman–Crippen LogP) is 3.35. The van der Waals surface area contributed by atoms with E-state index in [-0.39, 0.29) is 28.9 Å². The quantitative estimate of drug-likeness (QED) is 0.545. The summed E-state index contributed by atoms with van der Waals surface area (Å²) in [5.74, 6) is 2.81. The van der Waals surface area contributed by atoms with Crippen LogP contribution in [0, 0.1) is 23.2 Å². The lowest BCUT2D eigenvalue weighted by atomic mass is 9.48. The minimum absolute atomic E-state index is 0.0276. The minimum atomic E-state index is -3.01. The molecule has 1 amide bonds. The number of allylic oxidation sites excluding steroid dienone is 1. The summed E-state index contributed by atoms with van der Waals surface area (Å²) in [6, 6.07) is -0.203. The van der Waals surface area contributed by atoms with Gasteiger partial charge in [0, 0.05) is 18.7 Å². The first-order valence-electron chi connectivity index (χ1n) is 10.1. The van der Waals surface area contributed by atoms with Gasteiger partial charge in [0.2, 0.25) is 5.91 Å². The summed E-state index contributed by atoms with van der Waals surface area (Å²) in [6.07, 6.45) is 12.0. The second kappa shape index (κ2) is 6.50. The molecule has 4 aliphatic carbocycles. The number of carbonyl (C=O) groups is 1. The molecule has 0 aromatic heterocycles. The Morgan fingerprint density at radius 1 is 1.15 bits per heavy atom. The fraction of sp³-hybridized carbons (Fsp3) is 0.762. The van der Waals surface area contributed by atoms with Gasteiger partial charge in [-0.05, 0) is 75.0 Å². The zero-order chi connectivity index (χ0) is 18.5. The van der Waals surface area contributed by atoms with E-state index >= 15 is 0 Å². The lowest BCUT2D eigenvalue weighted by molar-refractivity contribution is -0.127. The van der Waals surface area contributed by atoms with Gasteiger partial charge in [-0.1, -0.05) is 11.6 Å². The van der Waals surface area contributed by atoms with E-state index in [2.05, 4.69) is 13.5 Å². The third kappa shape index (κ3) is 3.28. The fourth-order valence-corrected chi connectivity index (χ4v) is 8.32. The van der Waals surface area contributed by atoms with Gasteiger partial charge in [0.05, 0.1) is 11.5 Å². The molecule has 0 unspecified atom stereocenters. The summed E-state index contributed by atoms with van der Waals surface area (Å²) >= 11 is 0. The van der Waals surface area contributed by atoms with Crippen LogP contribution in [0.15, 0.2) is 24.3 Å². The van der Waals surface area contributed by atoms with E-state index in [1.807, 2.05) is 6.08 Å². The molecule has 0 N–H and O–H groups in total. The van der Waals surface area contributed by atoms with Crippen molar-refractivity contribution in [3.8, 4) is 0 Å². The van der Waals surface area contributed by atoms with Crippen molar-refractivity contribution < 1.29 is 13.2 Å². The van der Waals surface area contributed by atoms with Crippen molar-refractivity contribution in [3.63, 3.8) is 0 Å². The van der Waals surface area contributed by atoms with E-state index < -0.39 is 9.84 Å². The lowest BCUT2D eigenvalue weighted by Gasteiger charge is -2.57. The van der Waals surface area contributed by atoms with Crippen molar-refractivity contribution in [2.45, 2.75) is 57.9 Å². The van der Waals surface area contributed by atoms with E-state index in [1.165, 1.54) is 44.1 Å². The van der Waals surface area contributed by atoms with Crippen molar-refractivity contribution in [3.05, 3.63) is 24.3 Å². The SMILES string of the molecule is C=CCN(C(=O)/C=C(/C)C12CC3CC(CC(C3)C1)C2)[C@@H]1CCS(=O)(=O)C1. The highest BCUT2D eigenvalue weighted by molar-refractivity contribution is 7.91. The van der Waals surface area contributed by atoms with Gasteiger partial charge in [-0.15, -0.1) is 6.58 Å². The summed E-state index contributed by atoms with van der Waals surface area (Å²) < 4.78 is 23.7. The highest BCUT2D eigenvalue weighted by atomic mass is 32.2. The third-order valence-electron chi connectivity index (χ3n) is 7.47. The second-order valence-corrected chi connectivity index (χ2v) is 11.6. The molecule has 4 saturated carbocycles. The van der Waals surface area contributed by atoms with Crippen LogP contribution in [0.3, 0.4) is 0 Å². The van der Waals surface area contributed by atoms with Crippen molar-refractivity contribution >= 4 is 15.7 Å². The Kier molecular flexibility index (Phi) is 4.57. The second-order valence-electron chi connectivity index (χ2n) is 9.36. The summed E-state index contributed by atoms with van der Waals surface area (Å²) in [5.41, 5.74) is 1.46. The van der Waals surface area contributed by atoms with E-state index in [0.717, 1.165) is 17.8 Å². The first-order chi connectivity index (χ1) is 12.3. The number of hydrogen-bond donors (Lipinski definition) is 0. The Bertz CT molecular complexity index is 701. The molecule has 4 bridgehead atoms. The molecule has 4 nitrogen and oxygen atoms in total. The number of nitrogens with zero attached hydrogens (tertiary/aromatic N) is 1. The lowest BCUT2D eigenvalue weighted by Crippen LogP contribution is -2.47. The van der Waals surface area contributed by atoms with Crippen LogP contribution in [0.1, 0.15) is 51.9 Å². The van der Waals surface area contributed by atoms with Gasteiger partial charge in [0.25, 0.3) is 0 Å². The van der Waals surface area contributed by atoms with Crippen molar-refractivity contribution in [2.75, 3.05) is 18.1 Å². The summed E-state index contributed by atoms with van der Waals surface area (Å²) in [6.45, 7) is 6.32. The van der Waals surface area contributed by atoms with E-state index in [0.29, 0.717) is 13.0 Å². The minimum Gasteiger partial charge on any atom is -0.331 e. The van der Waals surface area contributed by atoms with Crippen LogP contribution in [-0.4, -0.2) is 43.3 Å². The Morgan fingerprint density at radius 3 is 2.19 bits per heavy atom. The molecule has 5 heteroatoms. The molecule has 5 rings (SSSR count). The molecule has 5 fully saturated rings. The zero-order valence-electron chi connectivity index (χ0n) is 15.8. The van der Waals surface area contributed by atoms with Crippen LogP contribution in [-0.2, 0) is 14.6 Å². The number of hydrogen-bond acceptors (Lipinski definition) is 3. The molecule has 0 spiro atoms. The molecular weight excluding hydrogens is 346 g/mol. The van der Waals surface area contributed by atoms with Crippen LogP contribution >= 0.6 is 0 Å². The van der Waals surface area contributed by atoms with Crippen LogP contribution in [0.4, 0.5) is 0 Å². The maximum Gasteiger partial charge on any atom is 0.247 e. The van der Waals surface area contributed by atoms with Gasteiger partial charge in [-0.3, -0.25) is 4.79 Å². The average Bonchev–Trinajstić information content (AvgIpc) is 2.90. The van der Waals surface area contributed by atoms with Crippen molar-refractivity contribution in [1.82, 2.24) is 4.90 Å². The standard InChI is InChI=1S/C21H31NO3S/c1-3-5-22(19-4-6-26(24,25)14-19)20(23)7-15(2)21-11-16-8-17(12-21)10-18(9-16)13-21/h3,7,16-19H,1,4-6,8-14H2,2H3/b15-7-/t16?,17?,18?,19-,21?/m1/s1. The van der Waals surface area contributed by atoms with Gasteiger partial charge in [0.1, 0.15) is 0 Å². The first-order valence-corrected chi connectivity index (χ1v) is 11.9. The van der Waals surface area contributed by atoms with Gasteiger partial charge in [-0.2, -0.15) is 0 Å². The van der Waals surface area contributed by atoms with Gasteiger partial charge < -0.3 is 4.90 Å². The predicted molar refractivity (Wildman–Crippen MR) is 103 cm³/mol. The van der Waals surface area contributed by atoms with Gasteiger partial charge in [0.15, 0.2) is 9.84 Å². The van der Waals surface area contributed by atoms with Crippen LogP contribution in [0.2, 0.25) is 0 Å². The fourth-order valence-electron chi connectivity index (χ4n) is 6.59. The molecule has 5 aliphatic rings. The molecule has 0 aromatic carbocycles. The van der Waals surface area contributed by atoms with Crippen molar-refractivity contribution in [1.29, 1.82) is 0 Å². The summed E-state index contributed by atoms with van der Waals surface area (Å²) in [4.78, 5) is 14.8. The van der Waals surface area contributed by atoms with E-state index in [9.17, 15) is 13.2 Å². The molecule has 0 aromatic rings. The molecule has 0 radical (unpaired) electrons. The van der Waals surface area contributed by atoms with Crippen LogP contribution < -0.4 is 0 Å². The normalized spacial score (nSPS) is 40.6. The monoisotopic (exact) mass is 377 g/mol. The highest BCUT2D eigenvalue weighted by Crippen LogP contribution is 2.62. The number of sulfone groups is 1. The number of rotatable bonds is 5.